The minimum atomic E-state index is -0.316. The molecule has 5 rings (SSSR count). The first-order valence-electron chi connectivity index (χ1n) is 17.2. The van der Waals surface area contributed by atoms with Crippen LogP contribution in [0, 0.1) is 11.7 Å². The van der Waals surface area contributed by atoms with E-state index in [-0.39, 0.29) is 5.82 Å². The fraction of sp³-hybridized carbons (Fsp3) is 0.317. The second-order valence-corrected chi connectivity index (χ2v) is 13.2. The predicted octanol–water partition coefficient (Wildman–Crippen LogP) is 7.96. The zero-order chi connectivity index (χ0) is 34.9. The number of nitrogens with zero attached hydrogens (tertiary/aromatic N) is 3. The van der Waals surface area contributed by atoms with Crippen molar-refractivity contribution in [2.75, 3.05) is 32.5 Å². The van der Waals surface area contributed by atoms with Gasteiger partial charge in [-0.1, -0.05) is 64.0 Å². The number of allylic oxidation sites excluding steroid dienone is 7. The van der Waals surface area contributed by atoms with Gasteiger partial charge in [-0.3, -0.25) is 10.1 Å². The van der Waals surface area contributed by atoms with Crippen molar-refractivity contribution in [3.8, 4) is 22.6 Å². The van der Waals surface area contributed by atoms with Crippen molar-refractivity contribution in [2.45, 2.75) is 52.4 Å². The molecule has 1 fully saturated rings. The third-order valence-electron chi connectivity index (χ3n) is 9.14. The number of H-pyrrole nitrogens is 2. The smallest absolute Gasteiger partial charge is 0.125 e. The number of aromatic amines is 2. The third kappa shape index (κ3) is 9.15. The van der Waals surface area contributed by atoms with Gasteiger partial charge in [-0.25, -0.2) is 4.39 Å². The minimum Gasteiger partial charge on any atom is -0.384 e. The van der Waals surface area contributed by atoms with Gasteiger partial charge in [-0.2, -0.15) is 5.10 Å². The number of hydrogen-bond acceptors (Lipinski definition) is 5. The molecule has 7 nitrogen and oxygen atoms in total. The summed E-state index contributed by atoms with van der Waals surface area (Å²) in [7, 11) is 4.02. The molecule has 256 valence electrons. The third-order valence-corrected chi connectivity index (χ3v) is 9.14. The number of likely N-dealkylation sites (N-methyl/N-ethyl adjacent to an activating group) is 1. The Kier molecular flexibility index (Phi) is 11.9. The highest BCUT2D eigenvalue weighted by Crippen LogP contribution is 2.32. The Morgan fingerprint density at radius 2 is 1.92 bits per heavy atom. The molecule has 0 unspecified atom stereocenters. The summed E-state index contributed by atoms with van der Waals surface area (Å²) >= 11 is 0. The molecule has 3 heterocycles. The summed E-state index contributed by atoms with van der Waals surface area (Å²) < 4.78 is 14.7. The average Bonchev–Trinajstić information content (AvgIpc) is 3.68. The Hall–Kier alpha value is -4.95. The number of anilines is 1. The molecule has 3 aromatic heterocycles. The zero-order valence-corrected chi connectivity index (χ0v) is 29.4. The molecule has 49 heavy (non-hydrogen) atoms. The first-order valence-corrected chi connectivity index (χ1v) is 17.2. The molecule has 0 aliphatic heterocycles. The zero-order valence-electron chi connectivity index (χ0n) is 29.4. The van der Waals surface area contributed by atoms with E-state index in [0.717, 1.165) is 74.3 Å². The Morgan fingerprint density at radius 1 is 1.12 bits per heavy atom. The van der Waals surface area contributed by atoms with Crippen LogP contribution in [0.15, 0.2) is 96.5 Å². The average molecular weight is 660 g/mol. The molecule has 0 radical (unpaired) electrons. The molecule has 0 saturated heterocycles. The van der Waals surface area contributed by atoms with E-state index in [1.807, 2.05) is 51.4 Å². The lowest BCUT2D eigenvalue weighted by molar-refractivity contribution is 0.353. The minimum absolute atomic E-state index is 0.316. The molecule has 4 aromatic rings. The van der Waals surface area contributed by atoms with E-state index in [0.29, 0.717) is 23.5 Å². The molecule has 4 N–H and O–H groups in total. The van der Waals surface area contributed by atoms with Crippen LogP contribution in [0.5, 0.6) is 0 Å². The van der Waals surface area contributed by atoms with Gasteiger partial charge >= 0.3 is 0 Å². The Balaban J connectivity index is 1.35. The highest BCUT2D eigenvalue weighted by atomic mass is 19.1. The maximum absolute atomic E-state index is 14.7. The van der Waals surface area contributed by atoms with Gasteiger partial charge in [-0.05, 0) is 100.0 Å². The molecule has 1 aromatic carbocycles. The molecular weight excluding hydrogens is 609 g/mol. The summed E-state index contributed by atoms with van der Waals surface area (Å²) in [6.45, 7) is 18.3. The van der Waals surface area contributed by atoms with Crippen LogP contribution in [0.25, 0.3) is 46.2 Å². The van der Waals surface area contributed by atoms with Gasteiger partial charge in [0, 0.05) is 58.1 Å². The van der Waals surface area contributed by atoms with Crippen molar-refractivity contribution in [1.82, 2.24) is 30.4 Å². The summed E-state index contributed by atoms with van der Waals surface area (Å²) in [4.78, 5) is 10.2. The number of nitrogens with one attached hydrogen (secondary N) is 4. The van der Waals surface area contributed by atoms with Crippen molar-refractivity contribution in [3.05, 3.63) is 113 Å². The van der Waals surface area contributed by atoms with Gasteiger partial charge in [0.25, 0.3) is 0 Å². The first-order chi connectivity index (χ1) is 23.6. The summed E-state index contributed by atoms with van der Waals surface area (Å²) in [5, 5.41) is 17.0. The van der Waals surface area contributed by atoms with Gasteiger partial charge < -0.3 is 20.5 Å². The number of halogens is 1. The SMILES string of the molecule is C=C\C(=C/C(=C\C)C(/C)=C/C=c1/[nH]nc(-c2cc3c(-c4cc(F)cc(NCCN(C)C)c4)nccc3[nH]2)c1=C)NC(=C)CC1CCCCC1. The topological polar surface area (TPSA) is 84.7 Å². The fourth-order valence-corrected chi connectivity index (χ4v) is 6.44. The van der Waals surface area contributed by atoms with Crippen molar-refractivity contribution >= 4 is 29.2 Å². The van der Waals surface area contributed by atoms with Crippen molar-refractivity contribution < 1.29 is 4.39 Å². The molecule has 0 bridgehead atoms. The quantitative estimate of drug-likeness (QED) is 0.103. The van der Waals surface area contributed by atoms with E-state index in [1.54, 1.807) is 6.20 Å². The number of fused-ring (bicyclic) bond motifs is 1. The number of benzene rings is 1. The highest BCUT2D eigenvalue weighted by Gasteiger charge is 2.16. The second kappa shape index (κ2) is 16.4. The monoisotopic (exact) mass is 659 g/mol. The number of aromatic nitrogens is 4. The Bertz CT molecular complexity index is 2000. The summed E-state index contributed by atoms with van der Waals surface area (Å²) in [6.07, 6.45) is 19.4. The largest absolute Gasteiger partial charge is 0.384 e. The van der Waals surface area contributed by atoms with Gasteiger partial charge in [0.1, 0.15) is 11.5 Å². The second-order valence-electron chi connectivity index (χ2n) is 13.2. The van der Waals surface area contributed by atoms with Crippen molar-refractivity contribution in [2.24, 2.45) is 5.92 Å². The van der Waals surface area contributed by atoms with Gasteiger partial charge in [0.2, 0.25) is 0 Å². The summed E-state index contributed by atoms with van der Waals surface area (Å²) in [5.41, 5.74) is 8.66. The number of pyridine rings is 1. The van der Waals surface area contributed by atoms with E-state index < -0.39 is 0 Å². The van der Waals surface area contributed by atoms with Crippen LogP contribution >= 0.6 is 0 Å². The van der Waals surface area contributed by atoms with Gasteiger partial charge in [-0.15, -0.1) is 0 Å². The van der Waals surface area contributed by atoms with Crippen LogP contribution < -0.4 is 21.2 Å². The molecule has 0 amide bonds. The van der Waals surface area contributed by atoms with E-state index in [4.69, 9.17) is 0 Å². The first kappa shape index (κ1) is 35.4. The molecule has 1 aliphatic carbocycles. The van der Waals surface area contributed by atoms with E-state index in [1.165, 1.54) is 44.2 Å². The van der Waals surface area contributed by atoms with Crippen molar-refractivity contribution in [3.63, 3.8) is 0 Å². The molecule has 1 aliphatic rings. The van der Waals surface area contributed by atoms with Crippen LogP contribution in [0.2, 0.25) is 0 Å². The van der Waals surface area contributed by atoms with Crippen LogP contribution in [-0.4, -0.2) is 52.3 Å². The summed E-state index contributed by atoms with van der Waals surface area (Å²) in [5.74, 6) is 0.405. The van der Waals surface area contributed by atoms with Crippen LogP contribution in [0.4, 0.5) is 10.1 Å². The lowest BCUT2D eigenvalue weighted by atomic mass is 9.86. The normalized spacial score (nSPS) is 15.3. The summed E-state index contributed by atoms with van der Waals surface area (Å²) in [6, 6.07) is 8.88. The maximum atomic E-state index is 14.7. The molecule has 0 spiro atoms. The lowest BCUT2D eigenvalue weighted by Crippen LogP contribution is -2.21. The maximum Gasteiger partial charge on any atom is 0.125 e. The fourth-order valence-electron chi connectivity index (χ4n) is 6.44. The Morgan fingerprint density at radius 3 is 2.65 bits per heavy atom. The number of hydrogen-bond donors (Lipinski definition) is 4. The van der Waals surface area contributed by atoms with Crippen LogP contribution in [0.3, 0.4) is 0 Å². The van der Waals surface area contributed by atoms with E-state index in [9.17, 15) is 4.39 Å². The lowest BCUT2D eigenvalue weighted by Gasteiger charge is -2.23. The molecule has 1 saturated carbocycles. The number of rotatable bonds is 14. The van der Waals surface area contributed by atoms with Gasteiger partial charge in [0.15, 0.2) is 0 Å². The highest BCUT2D eigenvalue weighted by molar-refractivity contribution is 5.96. The van der Waals surface area contributed by atoms with Crippen LogP contribution in [-0.2, 0) is 0 Å². The standard InChI is InChI=1S/C41H50FN7/c1-8-31(23-34(9-2)45-28(4)21-30-13-11-10-12-14-30)27(3)15-16-37-29(5)40(48-47-37)39-26-36-38(46-39)17-18-44-41(36)32-22-33(42)25-35(24-32)43-19-20-49(6)7/h8-9,15-18,22-26,30,43,45-47H,2,4-5,10-14,19-21H2,1,3,6-7H3/b27-15+,31-8+,34-23+,37-16+. The molecule has 0 atom stereocenters. The van der Waals surface area contributed by atoms with E-state index >= 15 is 0 Å². The molecule has 8 heteroatoms. The van der Waals surface area contributed by atoms with Crippen molar-refractivity contribution in [1.29, 1.82) is 0 Å². The Labute approximate surface area is 289 Å². The molecular formula is C41H50FN7. The van der Waals surface area contributed by atoms with Gasteiger partial charge in [0.05, 0.1) is 16.7 Å². The predicted molar refractivity (Wildman–Crippen MR) is 205 cm³/mol. The van der Waals surface area contributed by atoms with E-state index in [2.05, 4.69) is 80.6 Å². The van der Waals surface area contributed by atoms with Crippen LogP contribution in [0.1, 0.15) is 52.4 Å².